The highest BCUT2D eigenvalue weighted by atomic mass is 16.5. The third-order valence-electron chi connectivity index (χ3n) is 6.18. The summed E-state index contributed by atoms with van der Waals surface area (Å²) in [6, 6.07) is 14.6. The number of aromatic nitrogens is 4. The van der Waals surface area contributed by atoms with Gasteiger partial charge in [-0.25, -0.2) is 4.98 Å². The number of ether oxygens (including phenoxy) is 1. The molecule has 10 heteroatoms. The molecule has 0 atom stereocenters. The quantitative estimate of drug-likeness (QED) is 0.292. The number of benzene rings is 1. The standard InChI is InChI=1S/C27H23N5O5/c1-16-7-8-23(36-16)25-21-11-17(2)37-24(21)12-18(28-25)14-35-15-19-13-31(30-29-19)9-10-32-22-6-4-3-5-20(22)26(33)27(32)34/h3-8,11-13H,9-10,14-15H2,1-2H3. The van der Waals surface area contributed by atoms with Crippen LogP contribution in [-0.2, 0) is 29.3 Å². The van der Waals surface area contributed by atoms with E-state index in [4.69, 9.17) is 18.6 Å². The first-order valence-corrected chi connectivity index (χ1v) is 11.8. The van der Waals surface area contributed by atoms with Crippen LogP contribution in [0, 0.1) is 13.8 Å². The number of rotatable bonds is 8. The number of fused-ring (bicyclic) bond motifs is 2. The van der Waals surface area contributed by atoms with Crippen molar-refractivity contribution in [1.82, 2.24) is 20.0 Å². The van der Waals surface area contributed by atoms with Crippen LogP contribution in [0.3, 0.4) is 0 Å². The summed E-state index contributed by atoms with van der Waals surface area (Å²) in [6.07, 6.45) is 1.76. The van der Waals surface area contributed by atoms with E-state index >= 15 is 0 Å². The van der Waals surface area contributed by atoms with Gasteiger partial charge in [0.05, 0.1) is 48.3 Å². The van der Waals surface area contributed by atoms with Crippen molar-refractivity contribution in [3.05, 3.63) is 83.2 Å². The Morgan fingerprint density at radius 2 is 1.76 bits per heavy atom. The number of pyridine rings is 1. The second-order valence-electron chi connectivity index (χ2n) is 8.91. The van der Waals surface area contributed by atoms with E-state index in [1.165, 1.54) is 4.90 Å². The van der Waals surface area contributed by atoms with Gasteiger partial charge in [0.25, 0.3) is 11.7 Å². The van der Waals surface area contributed by atoms with Crippen molar-refractivity contribution in [2.24, 2.45) is 0 Å². The van der Waals surface area contributed by atoms with Crippen LogP contribution in [0.5, 0.6) is 0 Å². The molecule has 0 N–H and O–H groups in total. The average Bonchev–Trinajstić information content (AvgIpc) is 3.66. The molecule has 1 aromatic carbocycles. The summed E-state index contributed by atoms with van der Waals surface area (Å²) < 4.78 is 19.1. The number of furan rings is 2. The second kappa shape index (κ2) is 9.14. The van der Waals surface area contributed by atoms with Gasteiger partial charge < -0.3 is 18.5 Å². The lowest BCUT2D eigenvalue weighted by Gasteiger charge is -2.15. The minimum Gasteiger partial charge on any atom is -0.461 e. The molecular formula is C27H23N5O5. The average molecular weight is 498 g/mol. The molecule has 0 saturated heterocycles. The Morgan fingerprint density at radius 3 is 2.59 bits per heavy atom. The van der Waals surface area contributed by atoms with Gasteiger partial charge in [-0.2, -0.15) is 0 Å². The van der Waals surface area contributed by atoms with Crippen molar-refractivity contribution >= 4 is 28.3 Å². The molecule has 0 fully saturated rings. The molecule has 0 aliphatic carbocycles. The van der Waals surface area contributed by atoms with Crippen molar-refractivity contribution in [2.45, 2.75) is 33.6 Å². The number of hydrogen-bond acceptors (Lipinski definition) is 8. The van der Waals surface area contributed by atoms with Crippen LogP contribution in [0.2, 0.25) is 0 Å². The predicted octanol–water partition coefficient (Wildman–Crippen LogP) is 4.24. The Hall–Kier alpha value is -4.57. The maximum absolute atomic E-state index is 12.4. The number of amides is 1. The van der Waals surface area contributed by atoms with E-state index in [0.29, 0.717) is 47.2 Å². The van der Waals surface area contributed by atoms with Crippen LogP contribution >= 0.6 is 0 Å². The minimum absolute atomic E-state index is 0.232. The number of anilines is 1. The lowest BCUT2D eigenvalue weighted by atomic mass is 10.1. The fourth-order valence-corrected chi connectivity index (χ4v) is 4.48. The smallest absolute Gasteiger partial charge is 0.299 e. The van der Waals surface area contributed by atoms with Gasteiger partial charge in [-0.05, 0) is 44.2 Å². The van der Waals surface area contributed by atoms with E-state index < -0.39 is 11.7 Å². The summed E-state index contributed by atoms with van der Waals surface area (Å²) in [4.78, 5) is 30.8. The Balaban J connectivity index is 1.10. The first kappa shape index (κ1) is 22.9. The largest absolute Gasteiger partial charge is 0.461 e. The van der Waals surface area contributed by atoms with Crippen molar-refractivity contribution in [1.29, 1.82) is 0 Å². The molecule has 0 unspecified atom stereocenters. The summed E-state index contributed by atoms with van der Waals surface area (Å²) in [6.45, 7) is 4.97. The van der Waals surface area contributed by atoms with Crippen LogP contribution in [0.1, 0.15) is 33.3 Å². The molecular weight excluding hydrogens is 474 g/mol. The Kier molecular flexibility index (Phi) is 5.65. The van der Waals surface area contributed by atoms with Crippen LogP contribution in [0.15, 0.2) is 63.6 Å². The Labute approximate surface area is 211 Å². The van der Waals surface area contributed by atoms with Crippen LogP contribution < -0.4 is 4.90 Å². The number of nitrogens with zero attached hydrogens (tertiary/aromatic N) is 5. The molecule has 10 nitrogen and oxygen atoms in total. The van der Waals surface area contributed by atoms with Crippen LogP contribution in [0.25, 0.3) is 22.4 Å². The molecule has 1 amide bonds. The van der Waals surface area contributed by atoms with E-state index in [1.54, 1.807) is 35.1 Å². The first-order chi connectivity index (χ1) is 18.0. The number of aryl methyl sites for hydroxylation is 2. The molecule has 1 aliphatic rings. The highest BCUT2D eigenvalue weighted by molar-refractivity contribution is 6.52. The lowest BCUT2D eigenvalue weighted by molar-refractivity contribution is -0.114. The first-order valence-electron chi connectivity index (χ1n) is 11.8. The fraction of sp³-hybridized carbons (Fsp3) is 0.222. The van der Waals surface area contributed by atoms with Gasteiger partial charge >= 0.3 is 0 Å². The number of carbonyl (C=O) groups is 2. The lowest BCUT2D eigenvalue weighted by Crippen LogP contribution is -2.32. The summed E-state index contributed by atoms with van der Waals surface area (Å²) in [5, 5.41) is 9.17. The maximum Gasteiger partial charge on any atom is 0.299 e. The van der Waals surface area contributed by atoms with Gasteiger partial charge in [-0.15, -0.1) is 5.10 Å². The fourth-order valence-electron chi connectivity index (χ4n) is 4.48. The molecule has 186 valence electrons. The molecule has 6 rings (SSSR count). The molecule has 0 radical (unpaired) electrons. The molecule has 5 heterocycles. The third kappa shape index (κ3) is 4.31. The summed E-state index contributed by atoms with van der Waals surface area (Å²) in [5.74, 6) is 1.27. The third-order valence-corrected chi connectivity index (χ3v) is 6.18. The normalized spacial score (nSPS) is 13.2. The number of para-hydroxylation sites is 1. The van der Waals surface area contributed by atoms with Crippen molar-refractivity contribution in [3.63, 3.8) is 0 Å². The Morgan fingerprint density at radius 1 is 0.919 bits per heavy atom. The second-order valence-corrected chi connectivity index (χ2v) is 8.91. The molecule has 5 aromatic rings. The van der Waals surface area contributed by atoms with E-state index in [-0.39, 0.29) is 13.2 Å². The predicted molar refractivity (Wildman–Crippen MR) is 133 cm³/mol. The van der Waals surface area contributed by atoms with E-state index in [9.17, 15) is 9.59 Å². The molecule has 0 saturated carbocycles. The highest BCUT2D eigenvalue weighted by Crippen LogP contribution is 2.31. The van der Waals surface area contributed by atoms with E-state index in [1.807, 2.05) is 38.1 Å². The Bertz CT molecular complexity index is 1650. The summed E-state index contributed by atoms with van der Waals surface area (Å²) >= 11 is 0. The zero-order valence-electron chi connectivity index (χ0n) is 20.3. The minimum atomic E-state index is -0.523. The van der Waals surface area contributed by atoms with Crippen LogP contribution in [0.4, 0.5) is 5.69 Å². The van der Waals surface area contributed by atoms with Crippen molar-refractivity contribution in [2.75, 3.05) is 11.4 Å². The van der Waals surface area contributed by atoms with E-state index in [0.717, 1.165) is 22.5 Å². The van der Waals surface area contributed by atoms with Gasteiger partial charge in [0.1, 0.15) is 28.5 Å². The van der Waals surface area contributed by atoms with E-state index in [2.05, 4.69) is 10.3 Å². The van der Waals surface area contributed by atoms with Crippen LogP contribution in [-0.4, -0.2) is 38.2 Å². The molecule has 4 aromatic heterocycles. The monoisotopic (exact) mass is 497 g/mol. The van der Waals surface area contributed by atoms with Gasteiger partial charge in [0.2, 0.25) is 0 Å². The zero-order valence-corrected chi connectivity index (χ0v) is 20.3. The SMILES string of the molecule is Cc1ccc(-c2nc(COCc3cn(CCN4C(=O)C(=O)c5ccccc54)nn3)cc3oc(C)cc23)o1. The van der Waals surface area contributed by atoms with Gasteiger partial charge in [-0.3, -0.25) is 14.3 Å². The molecule has 1 aliphatic heterocycles. The van der Waals surface area contributed by atoms with Gasteiger partial charge in [0.15, 0.2) is 5.76 Å². The number of hydrogen-bond donors (Lipinski definition) is 0. The zero-order chi connectivity index (χ0) is 25.5. The number of Topliss-reactive ketones (excluding diaryl/α,β-unsaturated/α-hetero) is 1. The van der Waals surface area contributed by atoms with Crippen molar-refractivity contribution < 1.29 is 23.2 Å². The highest BCUT2D eigenvalue weighted by Gasteiger charge is 2.35. The van der Waals surface area contributed by atoms with Crippen molar-refractivity contribution in [3.8, 4) is 11.5 Å². The van der Waals surface area contributed by atoms with Gasteiger partial charge in [0, 0.05) is 12.6 Å². The number of carbonyl (C=O) groups excluding carboxylic acids is 2. The number of ketones is 1. The maximum atomic E-state index is 12.4. The molecule has 0 bridgehead atoms. The molecule has 37 heavy (non-hydrogen) atoms. The molecule has 0 spiro atoms. The summed E-state index contributed by atoms with van der Waals surface area (Å²) in [5.41, 5.74) is 3.83. The summed E-state index contributed by atoms with van der Waals surface area (Å²) in [7, 11) is 0. The van der Waals surface area contributed by atoms with Gasteiger partial charge in [-0.1, -0.05) is 17.3 Å². The topological polar surface area (TPSA) is 116 Å².